The Balaban J connectivity index is 1.75. The maximum Gasteiger partial charge on any atom is 0.0373 e. The highest BCUT2D eigenvalue weighted by molar-refractivity contribution is 6.20. The summed E-state index contributed by atoms with van der Waals surface area (Å²) in [7, 11) is 0. The van der Waals surface area contributed by atoms with Crippen LogP contribution in [0.25, 0.3) is 0 Å². The average molecular weight is 421 g/mol. The molecule has 0 spiro atoms. The smallest absolute Gasteiger partial charge is 0.0373 e. The molecule has 0 aromatic carbocycles. The van der Waals surface area contributed by atoms with Gasteiger partial charge in [0.1, 0.15) is 0 Å². The van der Waals surface area contributed by atoms with Crippen LogP contribution in [0.4, 0.5) is 0 Å². The van der Waals surface area contributed by atoms with Crippen LogP contribution in [0.3, 0.4) is 0 Å². The van der Waals surface area contributed by atoms with Crippen LogP contribution in [0.15, 0.2) is 11.6 Å². The van der Waals surface area contributed by atoms with E-state index in [1.165, 1.54) is 70.6 Å². The fourth-order valence-electron chi connectivity index (χ4n) is 7.57. The molecule has 0 aromatic rings. The van der Waals surface area contributed by atoms with Gasteiger partial charge in [-0.05, 0) is 98.2 Å². The fourth-order valence-corrected chi connectivity index (χ4v) is 7.84. The number of hydrogen-bond acceptors (Lipinski definition) is 0. The Kier molecular flexibility index (Phi) is 7.90. The maximum atomic E-state index is 6.60. The first-order valence-electron chi connectivity index (χ1n) is 13.0. The van der Waals surface area contributed by atoms with E-state index in [2.05, 4.69) is 47.6 Å². The Labute approximate surface area is 187 Å². The van der Waals surface area contributed by atoms with Crippen LogP contribution in [0, 0.1) is 40.4 Å². The highest BCUT2D eigenvalue weighted by Crippen LogP contribution is 2.58. The van der Waals surface area contributed by atoms with Crippen molar-refractivity contribution in [3.8, 4) is 0 Å². The molecule has 3 rings (SSSR count). The van der Waals surface area contributed by atoms with Crippen molar-refractivity contribution in [3.05, 3.63) is 11.6 Å². The first kappa shape index (κ1) is 23.7. The molecule has 1 heteroatoms. The van der Waals surface area contributed by atoms with Crippen LogP contribution in [0.1, 0.15) is 119 Å². The molecule has 29 heavy (non-hydrogen) atoms. The molecule has 2 fully saturated rings. The zero-order valence-corrected chi connectivity index (χ0v) is 21.2. The number of fused-ring (bicyclic) bond motifs is 2. The van der Waals surface area contributed by atoms with Crippen molar-refractivity contribution in [1.29, 1.82) is 0 Å². The van der Waals surface area contributed by atoms with Gasteiger partial charge in [-0.25, -0.2) is 0 Å². The summed E-state index contributed by atoms with van der Waals surface area (Å²) in [6.45, 7) is 15.2. The Hall–Kier alpha value is 0.0300. The SMILES string of the molecule is CC(C)CCC[C@@H](C)C1CCC2CC/C=C3/C[C@@H](Cl)CCC3(C)C(C)CC[C@@]21C. The topological polar surface area (TPSA) is 0 Å². The summed E-state index contributed by atoms with van der Waals surface area (Å²) < 4.78 is 0. The van der Waals surface area contributed by atoms with E-state index in [1.807, 2.05) is 0 Å². The summed E-state index contributed by atoms with van der Waals surface area (Å²) in [5.41, 5.74) is 2.67. The fraction of sp³-hybridized carbons (Fsp3) is 0.929. The summed E-state index contributed by atoms with van der Waals surface area (Å²) in [5, 5.41) is 0.372. The minimum atomic E-state index is 0.372. The quantitative estimate of drug-likeness (QED) is 0.306. The number of allylic oxidation sites excluding steroid dienone is 2. The zero-order chi connectivity index (χ0) is 21.2. The number of rotatable bonds is 5. The second kappa shape index (κ2) is 9.67. The zero-order valence-electron chi connectivity index (χ0n) is 20.4. The van der Waals surface area contributed by atoms with Gasteiger partial charge in [0.15, 0.2) is 0 Å². The van der Waals surface area contributed by atoms with Crippen LogP contribution in [0.5, 0.6) is 0 Å². The predicted octanol–water partition coefficient (Wildman–Crippen LogP) is 9.42. The molecule has 7 atom stereocenters. The molecule has 0 saturated heterocycles. The molecule has 2 saturated carbocycles. The summed E-state index contributed by atoms with van der Waals surface area (Å²) in [6.07, 6.45) is 19.1. The van der Waals surface area contributed by atoms with Crippen LogP contribution >= 0.6 is 11.6 Å². The van der Waals surface area contributed by atoms with Gasteiger partial charge in [0, 0.05) is 5.38 Å². The summed E-state index contributed by atoms with van der Waals surface area (Å²) in [5.74, 6) is 4.42. The lowest BCUT2D eigenvalue weighted by Crippen LogP contribution is -2.38. The van der Waals surface area contributed by atoms with Gasteiger partial charge in [-0.2, -0.15) is 0 Å². The predicted molar refractivity (Wildman–Crippen MR) is 129 cm³/mol. The van der Waals surface area contributed by atoms with E-state index >= 15 is 0 Å². The van der Waals surface area contributed by atoms with Gasteiger partial charge in [0.05, 0.1) is 0 Å². The summed E-state index contributed by atoms with van der Waals surface area (Å²) in [6, 6.07) is 0. The molecule has 0 nitrogen and oxygen atoms in total. The molecular weight excluding hydrogens is 372 g/mol. The number of alkyl halides is 1. The van der Waals surface area contributed by atoms with E-state index in [9.17, 15) is 0 Å². The highest BCUT2D eigenvalue weighted by Gasteiger charge is 2.49. The van der Waals surface area contributed by atoms with E-state index in [1.54, 1.807) is 5.57 Å². The van der Waals surface area contributed by atoms with Gasteiger partial charge in [-0.1, -0.05) is 72.5 Å². The standard InChI is InChI=1S/C28H49Cl/c1-20(2)9-7-10-21(3)26-14-13-23-11-8-12-24-19-25(29)16-18-27(24,5)22(4)15-17-28(23,26)6/h12,20-23,25-26H,7-11,13-19H2,1-6H3/b24-12-/t21-,22?,23?,25+,26?,27?,28+/m1/s1. The highest BCUT2D eigenvalue weighted by atomic mass is 35.5. The second-order valence-electron chi connectivity index (χ2n) is 12.2. The van der Waals surface area contributed by atoms with Gasteiger partial charge in [0.2, 0.25) is 0 Å². The summed E-state index contributed by atoms with van der Waals surface area (Å²) in [4.78, 5) is 0. The van der Waals surface area contributed by atoms with Gasteiger partial charge in [-0.15, -0.1) is 11.6 Å². The van der Waals surface area contributed by atoms with Crippen molar-refractivity contribution >= 4 is 11.6 Å². The first-order chi connectivity index (χ1) is 13.7. The first-order valence-corrected chi connectivity index (χ1v) is 13.4. The lowest BCUT2D eigenvalue weighted by molar-refractivity contribution is 0.0689. The van der Waals surface area contributed by atoms with Gasteiger partial charge < -0.3 is 0 Å². The number of hydrogen-bond donors (Lipinski definition) is 0. The summed E-state index contributed by atoms with van der Waals surface area (Å²) >= 11 is 6.60. The lowest BCUT2D eigenvalue weighted by Gasteiger charge is -2.47. The molecule has 3 aliphatic rings. The Bertz CT molecular complexity index is 563. The average Bonchev–Trinajstić information content (AvgIpc) is 2.98. The Morgan fingerprint density at radius 1 is 1.00 bits per heavy atom. The Morgan fingerprint density at radius 2 is 1.76 bits per heavy atom. The lowest BCUT2D eigenvalue weighted by atomic mass is 9.59. The van der Waals surface area contributed by atoms with E-state index < -0.39 is 0 Å². The molecule has 3 aliphatic carbocycles. The Morgan fingerprint density at radius 3 is 2.48 bits per heavy atom. The minimum Gasteiger partial charge on any atom is -0.123 e. The minimum absolute atomic E-state index is 0.372. The molecule has 168 valence electrons. The third kappa shape index (κ3) is 5.10. The molecule has 0 heterocycles. The van der Waals surface area contributed by atoms with Gasteiger partial charge in [-0.3, -0.25) is 0 Å². The van der Waals surface area contributed by atoms with Crippen molar-refractivity contribution in [2.24, 2.45) is 40.4 Å². The maximum absolute atomic E-state index is 6.60. The van der Waals surface area contributed by atoms with Crippen molar-refractivity contribution < 1.29 is 0 Å². The van der Waals surface area contributed by atoms with Crippen molar-refractivity contribution in [1.82, 2.24) is 0 Å². The van der Waals surface area contributed by atoms with Gasteiger partial charge in [0.25, 0.3) is 0 Å². The normalized spacial score (nSPS) is 43.9. The molecule has 0 N–H and O–H groups in total. The van der Waals surface area contributed by atoms with E-state index in [0.717, 1.165) is 36.0 Å². The van der Waals surface area contributed by atoms with Crippen LogP contribution in [-0.2, 0) is 0 Å². The molecule has 0 aromatic heterocycles. The third-order valence-electron chi connectivity index (χ3n) is 10.00. The van der Waals surface area contributed by atoms with Crippen LogP contribution in [-0.4, -0.2) is 5.38 Å². The van der Waals surface area contributed by atoms with E-state index in [-0.39, 0.29) is 0 Å². The van der Waals surface area contributed by atoms with Crippen molar-refractivity contribution in [3.63, 3.8) is 0 Å². The van der Waals surface area contributed by atoms with Crippen molar-refractivity contribution in [2.45, 2.75) is 124 Å². The second-order valence-corrected chi connectivity index (χ2v) is 12.8. The van der Waals surface area contributed by atoms with E-state index in [4.69, 9.17) is 11.6 Å². The monoisotopic (exact) mass is 420 g/mol. The van der Waals surface area contributed by atoms with Crippen LogP contribution < -0.4 is 0 Å². The van der Waals surface area contributed by atoms with Crippen LogP contribution in [0.2, 0.25) is 0 Å². The largest absolute Gasteiger partial charge is 0.123 e. The molecule has 0 radical (unpaired) electrons. The molecule has 0 amide bonds. The molecule has 0 aliphatic heterocycles. The molecular formula is C28H49Cl. The van der Waals surface area contributed by atoms with Gasteiger partial charge >= 0.3 is 0 Å². The van der Waals surface area contributed by atoms with E-state index in [0.29, 0.717) is 16.2 Å². The number of halogens is 1. The molecule has 0 bridgehead atoms. The van der Waals surface area contributed by atoms with Crippen molar-refractivity contribution in [2.75, 3.05) is 0 Å². The molecule has 4 unspecified atom stereocenters. The third-order valence-corrected chi connectivity index (χ3v) is 10.4.